The number of fused-ring (bicyclic) bond motifs is 1. The van der Waals surface area contributed by atoms with Gasteiger partial charge in [-0.2, -0.15) is 4.98 Å². The van der Waals surface area contributed by atoms with Gasteiger partial charge in [0.25, 0.3) is 0 Å². The van der Waals surface area contributed by atoms with Crippen LogP contribution in [0.1, 0.15) is 49.4 Å². The van der Waals surface area contributed by atoms with Gasteiger partial charge in [-0.3, -0.25) is 0 Å². The van der Waals surface area contributed by atoms with Crippen LogP contribution in [0.4, 0.5) is 14.6 Å². The van der Waals surface area contributed by atoms with Crippen LogP contribution in [0, 0.1) is 11.6 Å². The molecule has 1 aliphatic heterocycles. The Bertz CT molecular complexity index is 1320. The zero-order valence-electron chi connectivity index (χ0n) is 19.0. The number of rotatable bonds is 6. The molecule has 34 heavy (non-hydrogen) atoms. The number of aromatic nitrogens is 4. The molecule has 1 aliphatic rings. The monoisotopic (exact) mass is 464 g/mol. The maximum absolute atomic E-state index is 14.7. The van der Waals surface area contributed by atoms with Gasteiger partial charge in [-0.25, -0.2) is 18.7 Å². The molecule has 0 spiro atoms. The Labute approximate surface area is 196 Å². The highest BCUT2D eigenvalue weighted by atomic mass is 19.1. The molecule has 9 heteroatoms. The predicted molar refractivity (Wildman–Crippen MR) is 125 cm³/mol. The van der Waals surface area contributed by atoms with Gasteiger partial charge in [0.1, 0.15) is 23.8 Å². The first-order valence-electron chi connectivity index (χ1n) is 11.6. The molecule has 1 fully saturated rings. The van der Waals surface area contributed by atoms with Crippen molar-refractivity contribution in [2.24, 2.45) is 5.73 Å². The van der Waals surface area contributed by atoms with Crippen LogP contribution in [0.3, 0.4) is 0 Å². The molecule has 3 heterocycles. The molecule has 176 valence electrons. The molecule has 2 N–H and O–H groups in total. The molecule has 0 saturated carbocycles. The highest BCUT2D eigenvalue weighted by Crippen LogP contribution is 2.35. The fourth-order valence-corrected chi connectivity index (χ4v) is 4.57. The van der Waals surface area contributed by atoms with E-state index in [1.54, 1.807) is 12.1 Å². The van der Waals surface area contributed by atoms with Gasteiger partial charge >= 0.3 is 0 Å². The molecule has 7 nitrogen and oxygen atoms in total. The fraction of sp³-hybridized carbons (Fsp3) is 0.360. The molecule has 0 atom stereocenters. The Morgan fingerprint density at radius 3 is 2.68 bits per heavy atom. The second-order valence-corrected chi connectivity index (χ2v) is 8.61. The van der Waals surface area contributed by atoms with E-state index >= 15 is 0 Å². The van der Waals surface area contributed by atoms with Crippen molar-refractivity contribution in [2.75, 3.05) is 18.0 Å². The third-order valence-electron chi connectivity index (χ3n) is 6.37. The fourth-order valence-electron chi connectivity index (χ4n) is 4.57. The van der Waals surface area contributed by atoms with Gasteiger partial charge in [0, 0.05) is 48.5 Å². The molecule has 0 unspecified atom stereocenters. The smallest absolute Gasteiger partial charge is 0.226 e. The van der Waals surface area contributed by atoms with Gasteiger partial charge in [0.2, 0.25) is 5.89 Å². The highest BCUT2D eigenvalue weighted by Gasteiger charge is 2.26. The van der Waals surface area contributed by atoms with Gasteiger partial charge < -0.3 is 15.2 Å². The maximum atomic E-state index is 14.7. The van der Waals surface area contributed by atoms with Gasteiger partial charge in [-0.05, 0) is 43.0 Å². The Morgan fingerprint density at radius 1 is 1.12 bits per heavy atom. The number of halogens is 2. The Hall–Kier alpha value is -3.46. The van der Waals surface area contributed by atoms with Crippen molar-refractivity contribution in [3.63, 3.8) is 0 Å². The Kier molecular flexibility index (Phi) is 6.19. The number of aryl methyl sites for hydroxylation is 1. The molecular weight excluding hydrogens is 438 g/mol. The second kappa shape index (κ2) is 9.42. The third kappa shape index (κ3) is 4.23. The molecule has 2 aromatic heterocycles. The molecular formula is C25H26F2N6O. The third-order valence-corrected chi connectivity index (χ3v) is 6.37. The van der Waals surface area contributed by atoms with Crippen molar-refractivity contribution in [1.29, 1.82) is 0 Å². The number of nitrogens with zero attached hydrogens (tertiary/aromatic N) is 5. The minimum absolute atomic E-state index is 0.0993. The lowest BCUT2D eigenvalue weighted by atomic mass is 9.95. The van der Waals surface area contributed by atoms with Gasteiger partial charge in [-0.1, -0.05) is 24.2 Å². The summed E-state index contributed by atoms with van der Waals surface area (Å²) < 4.78 is 34.5. The molecule has 2 aromatic carbocycles. The SMILES string of the molecule is CCCc1nc(C2CCN(c3ncnc4c(-c5ccc(CN)c(F)c5)cc(F)cc34)CC2)no1. The normalized spacial score (nSPS) is 14.8. The average Bonchev–Trinajstić information content (AvgIpc) is 3.32. The number of hydrogen-bond donors (Lipinski definition) is 1. The Morgan fingerprint density at radius 2 is 1.94 bits per heavy atom. The first-order chi connectivity index (χ1) is 16.6. The van der Waals surface area contributed by atoms with E-state index in [0.717, 1.165) is 44.6 Å². The van der Waals surface area contributed by atoms with Crippen molar-refractivity contribution in [3.8, 4) is 11.1 Å². The van der Waals surface area contributed by atoms with Crippen molar-refractivity contribution in [2.45, 2.75) is 45.1 Å². The highest BCUT2D eigenvalue weighted by molar-refractivity contribution is 5.99. The second-order valence-electron chi connectivity index (χ2n) is 8.61. The topological polar surface area (TPSA) is 94.0 Å². The van der Waals surface area contributed by atoms with Gasteiger partial charge in [-0.15, -0.1) is 0 Å². The zero-order valence-corrected chi connectivity index (χ0v) is 19.0. The van der Waals surface area contributed by atoms with E-state index < -0.39 is 11.6 Å². The van der Waals surface area contributed by atoms with Crippen molar-refractivity contribution < 1.29 is 13.3 Å². The molecule has 4 aromatic rings. The maximum Gasteiger partial charge on any atom is 0.226 e. The van der Waals surface area contributed by atoms with Crippen molar-refractivity contribution >= 4 is 16.7 Å². The molecule has 5 rings (SSSR count). The van der Waals surface area contributed by atoms with E-state index in [1.807, 2.05) is 0 Å². The van der Waals surface area contributed by atoms with Crippen LogP contribution in [-0.2, 0) is 13.0 Å². The first-order valence-corrected chi connectivity index (χ1v) is 11.6. The van der Waals surface area contributed by atoms with Gasteiger partial charge in [0.15, 0.2) is 5.82 Å². The molecule has 0 radical (unpaired) electrons. The summed E-state index contributed by atoms with van der Waals surface area (Å²) in [5, 5.41) is 4.77. The first kappa shape index (κ1) is 22.3. The largest absolute Gasteiger partial charge is 0.356 e. The standard InChI is InChI=1S/C25H26F2N6O/c1-2-3-22-31-24(32-34-22)15-6-8-33(9-7-15)25-20-12-18(26)11-19(23(20)29-14-30-25)16-4-5-17(13-28)21(27)10-16/h4-5,10-12,14-15H,2-3,6-9,13,28H2,1H3. The lowest BCUT2D eigenvalue weighted by Crippen LogP contribution is -2.34. The summed E-state index contributed by atoms with van der Waals surface area (Å²) in [5.41, 5.74) is 7.63. The summed E-state index contributed by atoms with van der Waals surface area (Å²) in [5.74, 6) is 1.48. The van der Waals surface area contributed by atoms with E-state index in [1.165, 1.54) is 24.5 Å². The lowest BCUT2D eigenvalue weighted by molar-refractivity contribution is 0.363. The molecule has 0 aliphatic carbocycles. The summed E-state index contributed by atoms with van der Waals surface area (Å²) in [6, 6.07) is 7.57. The van der Waals surface area contributed by atoms with E-state index in [2.05, 4.69) is 31.9 Å². The van der Waals surface area contributed by atoms with E-state index in [0.29, 0.717) is 39.3 Å². The number of hydrogen-bond acceptors (Lipinski definition) is 7. The number of piperidine rings is 1. The Balaban J connectivity index is 1.44. The number of anilines is 1. The van der Waals surface area contributed by atoms with Crippen molar-refractivity contribution in [1.82, 2.24) is 20.1 Å². The number of nitrogens with two attached hydrogens (primary N) is 1. The minimum atomic E-state index is -0.424. The predicted octanol–water partition coefficient (Wildman–Crippen LogP) is 4.75. The van der Waals surface area contributed by atoms with Crippen LogP contribution < -0.4 is 10.6 Å². The summed E-state index contributed by atoms with van der Waals surface area (Å²) in [4.78, 5) is 15.6. The quantitative estimate of drug-likeness (QED) is 0.440. The van der Waals surface area contributed by atoms with Crippen molar-refractivity contribution in [3.05, 3.63) is 65.6 Å². The minimum Gasteiger partial charge on any atom is -0.356 e. The summed E-state index contributed by atoms with van der Waals surface area (Å²) in [6.07, 6.45) is 4.90. The average molecular weight is 465 g/mol. The molecule has 0 bridgehead atoms. The van der Waals surface area contributed by atoms with Crippen LogP contribution in [0.2, 0.25) is 0 Å². The van der Waals surface area contributed by atoms with Crippen LogP contribution in [0.5, 0.6) is 0 Å². The molecule has 1 saturated heterocycles. The zero-order chi connectivity index (χ0) is 23.7. The summed E-state index contributed by atoms with van der Waals surface area (Å²) in [6.45, 7) is 3.62. The summed E-state index contributed by atoms with van der Waals surface area (Å²) in [7, 11) is 0. The van der Waals surface area contributed by atoms with Gasteiger partial charge in [0.05, 0.1) is 5.52 Å². The molecule has 0 amide bonds. The van der Waals surface area contributed by atoms with Crippen LogP contribution in [0.25, 0.3) is 22.0 Å². The summed E-state index contributed by atoms with van der Waals surface area (Å²) >= 11 is 0. The number of benzene rings is 2. The lowest BCUT2D eigenvalue weighted by Gasteiger charge is -2.32. The van der Waals surface area contributed by atoms with E-state index in [4.69, 9.17) is 10.3 Å². The van der Waals surface area contributed by atoms with E-state index in [-0.39, 0.29) is 12.5 Å². The van der Waals surface area contributed by atoms with Crippen LogP contribution in [0.15, 0.2) is 41.2 Å². The van der Waals surface area contributed by atoms with Crippen LogP contribution >= 0.6 is 0 Å². The van der Waals surface area contributed by atoms with Crippen LogP contribution in [-0.4, -0.2) is 33.2 Å². The van der Waals surface area contributed by atoms with E-state index in [9.17, 15) is 8.78 Å².